The predicted molar refractivity (Wildman–Crippen MR) is 69.8 cm³/mol. The van der Waals surface area contributed by atoms with E-state index in [-0.39, 0.29) is 0 Å². The Hall–Kier alpha value is -1.06. The van der Waals surface area contributed by atoms with Crippen LogP contribution in [0.25, 0.3) is 0 Å². The van der Waals surface area contributed by atoms with Gasteiger partial charge in [0.05, 0.1) is 0 Å². The summed E-state index contributed by atoms with van der Waals surface area (Å²) in [5.74, 6) is 0.407. The maximum absolute atomic E-state index is 9.81. The highest BCUT2D eigenvalue weighted by atomic mass is 16.3. The van der Waals surface area contributed by atoms with Crippen molar-refractivity contribution in [3.8, 4) is 5.75 Å². The number of phenolic OH excluding ortho intramolecular Hbond substituents is 1. The van der Waals surface area contributed by atoms with E-state index in [1.54, 1.807) is 6.07 Å². The lowest BCUT2D eigenvalue weighted by Crippen LogP contribution is -2.40. The molecule has 1 fully saturated rings. The zero-order valence-corrected chi connectivity index (χ0v) is 10.3. The van der Waals surface area contributed by atoms with Gasteiger partial charge in [0.1, 0.15) is 5.75 Å². The fraction of sp³-hybridized carbons (Fsp3) is 0.571. The standard InChI is InChI=1S/C14H22N2O/c15-9-8-13-6-3-4-10-16(13)11-12-5-1-2-7-14(12)17/h1-2,5,7,13,17H,3-4,6,8-11,15H2. The van der Waals surface area contributed by atoms with Crippen LogP contribution in [-0.2, 0) is 6.54 Å². The third-order valence-electron chi connectivity index (χ3n) is 3.61. The van der Waals surface area contributed by atoms with Crippen molar-refractivity contribution in [2.24, 2.45) is 5.73 Å². The Labute approximate surface area is 103 Å². The second kappa shape index (κ2) is 6.03. The molecule has 0 bridgehead atoms. The molecule has 1 aromatic carbocycles. The smallest absolute Gasteiger partial charge is 0.120 e. The molecule has 1 aromatic rings. The molecule has 1 unspecified atom stereocenters. The number of benzene rings is 1. The van der Waals surface area contributed by atoms with E-state index in [1.165, 1.54) is 19.3 Å². The fourth-order valence-electron chi connectivity index (χ4n) is 2.65. The fourth-order valence-corrected chi connectivity index (χ4v) is 2.65. The summed E-state index contributed by atoms with van der Waals surface area (Å²) < 4.78 is 0. The largest absolute Gasteiger partial charge is 0.508 e. The van der Waals surface area contributed by atoms with Gasteiger partial charge < -0.3 is 10.8 Å². The molecule has 0 saturated carbocycles. The van der Waals surface area contributed by atoms with Crippen molar-refractivity contribution >= 4 is 0 Å². The Morgan fingerprint density at radius 1 is 1.29 bits per heavy atom. The SMILES string of the molecule is NCCC1CCCCN1Cc1ccccc1O. The summed E-state index contributed by atoms with van der Waals surface area (Å²) in [6, 6.07) is 8.21. The number of aromatic hydroxyl groups is 1. The summed E-state index contributed by atoms with van der Waals surface area (Å²) in [7, 11) is 0. The van der Waals surface area contributed by atoms with E-state index < -0.39 is 0 Å². The molecule has 0 spiro atoms. The number of nitrogens with two attached hydrogens (primary N) is 1. The van der Waals surface area contributed by atoms with Crippen LogP contribution in [0.15, 0.2) is 24.3 Å². The molecule has 3 N–H and O–H groups in total. The van der Waals surface area contributed by atoms with Crippen LogP contribution in [0.4, 0.5) is 0 Å². The van der Waals surface area contributed by atoms with Crippen LogP contribution in [0.1, 0.15) is 31.2 Å². The van der Waals surface area contributed by atoms with Gasteiger partial charge in [0.25, 0.3) is 0 Å². The highest BCUT2D eigenvalue weighted by molar-refractivity contribution is 5.31. The van der Waals surface area contributed by atoms with Gasteiger partial charge in [-0.05, 0) is 38.4 Å². The number of rotatable bonds is 4. The molecule has 1 heterocycles. The van der Waals surface area contributed by atoms with E-state index in [9.17, 15) is 5.11 Å². The van der Waals surface area contributed by atoms with Gasteiger partial charge in [-0.25, -0.2) is 0 Å². The van der Waals surface area contributed by atoms with Crippen LogP contribution in [0.2, 0.25) is 0 Å². The van der Waals surface area contributed by atoms with Crippen molar-refractivity contribution in [1.29, 1.82) is 0 Å². The van der Waals surface area contributed by atoms with E-state index in [4.69, 9.17) is 5.73 Å². The molecule has 1 aliphatic heterocycles. The van der Waals surface area contributed by atoms with E-state index in [2.05, 4.69) is 4.90 Å². The highest BCUT2D eigenvalue weighted by Gasteiger charge is 2.22. The van der Waals surface area contributed by atoms with Crippen LogP contribution in [-0.4, -0.2) is 29.1 Å². The number of likely N-dealkylation sites (tertiary alicyclic amines) is 1. The summed E-state index contributed by atoms with van der Waals surface area (Å²) in [6.07, 6.45) is 4.87. The molecule has 94 valence electrons. The third-order valence-corrected chi connectivity index (χ3v) is 3.61. The van der Waals surface area contributed by atoms with Crippen molar-refractivity contribution in [3.05, 3.63) is 29.8 Å². The Kier molecular flexibility index (Phi) is 4.40. The maximum atomic E-state index is 9.81. The Balaban J connectivity index is 2.03. The van der Waals surface area contributed by atoms with E-state index >= 15 is 0 Å². The second-order valence-corrected chi connectivity index (χ2v) is 4.83. The lowest BCUT2D eigenvalue weighted by Gasteiger charge is -2.35. The zero-order valence-electron chi connectivity index (χ0n) is 10.3. The normalized spacial score (nSPS) is 21.6. The first-order valence-electron chi connectivity index (χ1n) is 6.52. The van der Waals surface area contributed by atoms with Crippen molar-refractivity contribution < 1.29 is 5.11 Å². The van der Waals surface area contributed by atoms with E-state index in [0.717, 1.165) is 31.6 Å². The molecular weight excluding hydrogens is 212 g/mol. The van der Waals surface area contributed by atoms with Gasteiger partial charge >= 0.3 is 0 Å². The number of nitrogens with zero attached hydrogens (tertiary/aromatic N) is 1. The van der Waals surface area contributed by atoms with Crippen molar-refractivity contribution in [2.75, 3.05) is 13.1 Å². The third kappa shape index (κ3) is 3.20. The summed E-state index contributed by atoms with van der Waals surface area (Å²) in [5, 5.41) is 9.81. The number of para-hydroxylation sites is 1. The lowest BCUT2D eigenvalue weighted by molar-refractivity contribution is 0.133. The molecule has 0 radical (unpaired) electrons. The van der Waals surface area contributed by atoms with Crippen LogP contribution < -0.4 is 5.73 Å². The van der Waals surface area contributed by atoms with E-state index in [0.29, 0.717) is 11.8 Å². The first-order valence-corrected chi connectivity index (χ1v) is 6.52. The lowest BCUT2D eigenvalue weighted by atomic mass is 9.98. The van der Waals surface area contributed by atoms with Crippen LogP contribution in [0, 0.1) is 0 Å². The van der Waals surface area contributed by atoms with Gasteiger partial charge in [-0.1, -0.05) is 24.6 Å². The molecular formula is C14H22N2O. The molecule has 3 heteroatoms. The Bertz CT molecular complexity index is 352. The minimum absolute atomic E-state index is 0.407. The van der Waals surface area contributed by atoms with E-state index in [1.807, 2.05) is 18.2 Å². The summed E-state index contributed by atoms with van der Waals surface area (Å²) in [6.45, 7) is 2.72. The number of piperidine rings is 1. The molecule has 3 nitrogen and oxygen atoms in total. The van der Waals surface area contributed by atoms with Gasteiger partial charge in [0.2, 0.25) is 0 Å². The molecule has 1 saturated heterocycles. The zero-order chi connectivity index (χ0) is 12.1. The molecule has 2 rings (SSSR count). The first kappa shape index (κ1) is 12.4. The van der Waals surface area contributed by atoms with Gasteiger partial charge in [0, 0.05) is 18.2 Å². The van der Waals surface area contributed by atoms with Crippen molar-refractivity contribution in [3.63, 3.8) is 0 Å². The Morgan fingerprint density at radius 3 is 2.88 bits per heavy atom. The van der Waals surface area contributed by atoms with Gasteiger partial charge in [-0.3, -0.25) is 4.90 Å². The molecule has 0 aromatic heterocycles. The minimum atomic E-state index is 0.407. The van der Waals surface area contributed by atoms with Gasteiger partial charge in [-0.15, -0.1) is 0 Å². The summed E-state index contributed by atoms with van der Waals surface area (Å²) >= 11 is 0. The van der Waals surface area contributed by atoms with Gasteiger partial charge in [-0.2, -0.15) is 0 Å². The predicted octanol–water partition coefficient (Wildman–Crippen LogP) is 2.10. The number of hydrogen-bond donors (Lipinski definition) is 2. The monoisotopic (exact) mass is 234 g/mol. The number of phenols is 1. The van der Waals surface area contributed by atoms with Gasteiger partial charge in [0.15, 0.2) is 0 Å². The van der Waals surface area contributed by atoms with Crippen molar-refractivity contribution in [1.82, 2.24) is 4.90 Å². The van der Waals surface area contributed by atoms with Crippen LogP contribution in [0.5, 0.6) is 5.75 Å². The first-order chi connectivity index (χ1) is 8.31. The Morgan fingerprint density at radius 2 is 2.12 bits per heavy atom. The second-order valence-electron chi connectivity index (χ2n) is 4.83. The number of hydrogen-bond acceptors (Lipinski definition) is 3. The molecule has 0 amide bonds. The van der Waals surface area contributed by atoms with Crippen LogP contribution in [0.3, 0.4) is 0 Å². The summed E-state index contributed by atoms with van der Waals surface area (Å²) in [4.78, 5) is 2.46. The average molecular weight is 234 g/mol. The summed E-state index contributed by atoms with van der Waals surface area (Å²) in [5.41, 5.74) is 6.69. The molecule has 17 heavy (non-hydrogen) atoms. The van der Waals surface area contributed by atoms with Crippen LogP contribution >= 0.6 is 0 Å². The topological polar surface area (TPSA) is 49.5 Å². The quantitative estimate of drug-likeness (QED) is 0.838. The average Bonchev–Trinajstić information content (AvgIpc) is 2.35. The molecule has 1 atom stereocenters. The minimum Gasteiger partial charge on any atom is -0.508 e. The molecule has 1 aliphatic rings. The maximum Gasteiger partial charge on any atom is 0.120 e. The highest BCUT2D eigenvalue weighted by Crippen LogP contribution is 2.24. The molecule has 0 aliphatic carbocycles. The van der Waals surface area contributed by atoms with Crippen molar-refractivity contribution in [2.45, 2.75) is 38.3 Å².